The van der Waals surface area contributed by atoms with Crippen molar-refractivity contribution in [3.05, 3.63) is 39.9 Å². The smallest absolute Gasteiger partial charge is 0.269 e. The molecule has 1 aliphatic heterocycles. The predicted octanol–water partition coefficient (Wildman–Crippen LogP) is 2.56. The van der Waals surface area contributed by atoms with Crippen molar-refractivity contribution in [1.29, 1.82) is 0 Å². The van der Waals surface area contributed by atoms with E-state index >= 15 is 0 Å². The highest BCUT2D eigenvalue weighted by atomic mass is 16.6. The lowest BCUT2D eigenvalue weighted by atomic mass is 10.0. The maximum Gasteiger partial charge on any atom is 0.269 e. The third-order valence-corrected chi connectivity index (χ3v) is 4.53. The number of benzene rings is 1. The van der Waals surface area contributed by atoms with Crippen LogP contribution in [-0.4, -0.2) is 35.5 Å². The molecular weight excluding hydrogens is 266 g/mol. The van der Waals surface area contributed by atoms with Crippen LogP contribution in [0.2, 0.25) is 0 Å². The molecule has 2 fully saturated rings. The maximum atomic E-state index is 10.6. The summed E-state index contributed by atoms with van der Waals surface area (Å²) in [6.07, 6.45) is 5.23. The molecule has 0 radical (unpaired) electrons. The lowest BCUT2D eigenvalue weighted by Crippen LogP contribution is -2.42. The molecule has 0 spiro atoms. The van der Waals surface area contributed by atoms with Crippen molar-refractivity contribution in [3.63, 3.8) is 0 Å². The van der Waals surface area contributed by atoms with Crippen molar-refractivity contribution in [2.75, 3.05) is 19.6 Å². The number of nitro groups is 1. The highest BCUT2D eigenvalue weighted by Gasteiger charge is 2.24. The van der Waals surface area contributed by atoms with Crippen molar-refractivity contribution in [1.82, 2.24) is 10.2 Å². The van der Waals surface area contributed by atoms with E-state index in [-0.39, 0.29) is 10.6 Å². The van der Waals surface area contributed by atoms with Crippen molar-refractivity contribution >= 4 is 5.69 Å². The number of nitro benzene ring substituents is 1. The molecule has 5 nitrogen and oxygen atoms in total. The Morgan fingerprint density at radius 3 is 2.38 bits per heavy atom. The molecule has 1 aromatic rings. The summed E-state index contributed by atoms with van der Waals surface area (Å²) in [6.45, 7) is 4.32. The Balaban J connectivity index is 1.42. The third kappa shape index (κ3) is 4.25. The van der Waals surface area contributed by atoms with Gasteiger partial charge in [-0.15, -0.1) is 0 Å². The predicted molar refractivity (Wildman–Crippen MR) is 82.1 cm³/mol. The molecule has 2 aliphatic rings. The van der Waals surface area contributed by atoms with Gasteiger partial charge in [-0.1, -0.05) is 12.1 Å². The standard InChI is InChI=1S/C16H23N3O2/c20-19(21)16-5-3-14(4-6-16)12-18-9-7-15(8-10-18)17-11-13-1-2-13/h3-6,13,15,17H,1-2,7-12H2. The molecule has 0 unspecified atom stereocenters. The van der Waals surface area contributed by atoms with E-state index in [2.05, 4.69) is 10.2 Å². The zero-order valence-corrected chi connectivity index (χ0v) is 12.3. The van der Waals surface area contributed by atoms with Crippen molar-refractivity contribution in [2.24, 2.45) is 5.92 Å². The van der Waals surface area contributed by atoms with Crippen LogP contribution in [-0.2, 0) is 6.54 Å². The number of non-ortho nitro benzene ring substituents is 1. The normalized spacial score (nSPS) is 20.6. The molecule has 5 heteroatoms. The number of likely N-dealkylation sites (tertiary alicyclic amines) is 1. The summed E-state index contributed by atoms with van der Waals surface area (Å²) in [5.41, 5.74) is 1.33. The van der Waals surface area contributed by atoms with Crippen molar-refractivity contribution in [2.45, 2.75) is 38.3 Å². The lowest BCUT2D eigenvalue weighted by molar-refractivity contribution is -0.384. The van der Waals surface area contributed by atoms with Crippen LogP contribution >= 0.6 is 0 Å². The molecule has 3 rings (SSSR count). The topological polar surface area (TPSA) is 58.4 Å². The summed E-state index contributed by atoms with van der Waals surface area (Å²) in [4.78, 5) is 12.7. The number of nitrogens with zero attached hydrogens (tertiary/aromatic N) is 2. The van der Waals surface area contributed by atoms with Gasteiger partial charge in [-0.05, 0) is 56.8 Å². The second-order valence-corrected chi connectivity index (χ2v) is 6.33. The Labute approximate surface area is 125 Å². The first-order chi connectivity index (χ1) is 10.2. The molecule has 1 saturated heterocycles. The second-order valence-electron chi connectivity index (χ2n) is 6.33. The SMILES string of the molecule is O=[N+]([O-])c1ccc(CN2CCC(NCC3CC3)CC2)cc1. The third-order valence-electron chi connectivity index (χ3n) is 4.53. The summed E-state index contributed by atoms with van der Waals surface area (Å²) in [5.74, 6) is 0.947. The Hall–Kier alpha value is -1.46. The second kappa shape index (κ2) is 6.54. The molecule has 1 saturated carbocycles. The van der Waals surface area contributed by atoms with Gasteiger partial charge in [0.2, 0.25) is 0 Å². The van der Waals surface area contributed by atoms with Crippen LogP contribution in [0.15, 0.2) is 24.3 Å². The Morgan fingerprint density at radius 2 is 1.81 bits per heavy atom. The first-order valence-corrected chi connectivity index (χ1v) is 7.90. The van der Waals surface area contributed by atoms with Crippen LogP contribution in [0.5, 0.6) is 0 Å². The molecule has 114 valence electrons. The molecule has 0 bridgehead atoms. The molecule has 1 aliphatic carbocycles. The summed E-state index contributed by atoms with van der Waals surface area (Å²) in [7, 11) is 0. The minimum absolute atomic E-state index is 0.168. The van der Waals surface area contributed by atoms with E-state index in [4.69, 9.17) is 0 Å². The quantitative estimate of drug-likeness (QED) is 0.646. The highest BCUT2D eigenvalue weighted by molar-refractivity contribution is 5.32. The van der Waals surface area contributed by atoms with Gasteiger partial charge in [-0.25, -0.2) is 0 Å². The van der Waals surface area contributed by atoms with Crippen LogP contribution in [0.4, 0.5) is 5.69 Å². The van der Waals surface area contributed by atoms with E-state index < -0.39 is 0 Å². The number of rotatable bonds is 6. The summed E-state index contributed by atoms with van der Waals surface area (Å²) >= 11 is 0. The van der Waals surface area contributed by atoms with Gasteiger partial charge in [-0.3, -0.25) is 15.0 Å². The first kappa shape index (κ1) is 14.5. The lowest BCUT2D eigenvalue weighted by Gasteiger charge is -2.32. The van der Waals surface area contributed by atoms with Gasteiger partial charge in [-0.2, -0.15) is 0 Å². The van der Waals surface area contributed by atoms with Crippen LogP contribution in [0, 0.1) is 16.0 Å². The maximum absolute atomic E-state index is 10.6. The van der Waals surface area contributed by atoms with Crippen molar-refractivity contribution in [3.8, 4) is 0 Å². The van der Waals surface area contributed by atoms with E-state index in [1.54, 1.807) is 12.1 Å². The van der Waals surface area contributed by atoms with Gasteiger partial charge < -0.3 is 5.32 Å². The minimum atomic E-state index is -0.346. The monoisotopic (exact) mass is 289 g/mol. The Kier molecular flexibility index (Phi) is 4.51. The zero-order chi connectivity index (χ0) is 14.7. The summed E-state index contributed by atoms with van der Waals surface area (Å²) in [5, 5.41) is 14.3. The van der Waals surface area contributed by atoms with Gasteiger partial charge >= 0.3 is 0 Å². The zero-order valence-electron chi connectivity index (χ0n) is 12.3. The van der Waals surface area contributed by atoms with Crippen molar-refractivity contribution < 1.29 is 4.92 Å². The average Bonchev–Trinajstić information content (AvgIpc) is 3.31. The molecule has 21 heavy (non-hydrogen) atoms. The van der Waals surface area contributed by atoms with Gasteiger partial charge in [0.05, 0.1) is 4.92 Å². The molecule has 0 atom stereocenters. The van der Waals surface area contributed by atoms with E-state index in [0.717, 1.165) is 31.1 Å². The van der Waals surface area contributed by atoms with E-state index in [0.29, 0.717) is 6.04 Å². The average molecular weight is 289 g/mol. The fourth-order valence-electron chi connectivity index (χ4n) is 2.93. The fourth-order valence-corrected chi connectivity index (χ4v) is 2.93. The van der Waals surface area contributed by atoms with Crippen LogP contribution < -0.4 is 5.32 Å². The van der Waals surface area contributed by atoms with Crippen LogP contribution in [0.25, 0.3) is 0 Å². The molecule has 0 amide bonds. The number of hydrogen-bond acceptors (Lipinski definition) is 4. The molecule has 0 aromatic heterocycles. The fraction of sp³-hybridized carbons (Fsp3) is 0.625. The van der Waals surface area contributed by atoms with E-state index in [1.807, 2.05) is 12.1 Å². The molecular formula is C16H23N3O2. The van der Waals surface area contributed by atoms with Crippen LogP contribution in [0.1, 0.15) is 31.2 Å². The van der Waals surface area contributed by atoms with E-state index in [9.17, 15) is 10.1 Å². The molecule has 1 heterocycles. The number of hydrogen-bond donors (Lipinski definition) is 1. The largest absolute Gasteiger partial charge is 0.314 e. The Morgan fingerprint density at radius 1 is 1.14 bits per heavy atom. The molecule has 1 aromatic carbocycles. The van der Waals surface area contributed by atoms with Gasteiger partial charge in [0, 0.05) is 24.7 Å². The Bertz CT molecular complexity index is 477. The van der Waals surface area contributed by atoms with Gasteiger partial charge in [0.15, 0.2) is 0 Å². The van der Waals surface area contributed by atoms with Gasteiger partial charge in [0.25, 0.3) is 5.69 Å². The van der Waals surface area contributed by atoms with E-state index in [1.165, 1.54) is 32.2 Å². The first-order valence-electron chi connectivity index (χ1n) is 7.90. The van der Waals surface area contributed by atoms with Gasteiger partial charge in [0.1, 0.15) is 0 Å². The number of nitrogens with one attached hydrogen (secondary N) is 1. The summed E-state index contributed by atoms with van der Waals surface area (Å²) in [6, 6.07) is 7.61. The number of piperidine rings is 1. The van der Waals surface area contributed by atoms with Crippen LogP contribution in [0.3, 0.4) is 0 Å². The molecule has 1 N–H and O–H groups in total. The minimum Gasteiger partial charge on any atom is -0.314 e. The summed E-state index contributed by atoms with van der Waals surface area (Å²) < 4.78 is 0. The highest BCUT2D eigenvalue weighted by Crippen LogP contribution is 2.28.